The number of hydrogen-bond donors (Lipinski definition) is 0. The van der Waals surface area contributed by atoms with Gasteiger partial charge in [0.25, 0.3) is 5.91 Å². The molecule has 7 heteroatoms. The van der Waals surface area contributed by atoms with Crippen molar-refractivity contribution in [3.63, 3.8) is 0 Å². The van der Waals surface area contributed by atoms with E-state index in [1.54, 1.807) is 4.90 Å². The molecule has 0 bridgehead atoms. The van der Waals surface area contributed by atoms with E-state index in [2.05, 4.69) is 0 Å². The number of ether oxygens (including phenoxy) is 1. The summed E-state index contributed by atoms with van der Waals surface area (Å²) in [5, 5.41) is 0. The average Bonchev–Trinajstić information content (AvgIpc) is 2.86. The van der Waals surface area contributed by atoms with Crippen LogP contribution in [0.4, 0.5) is 4.39 Å². The molecule has 1 aromatic carbocycles. The van der Waals surface area contributed by atoms with Gasteiger partial charge in [0, 0.05) is 13.1 Å². The molecule has 136 valence electrons. The molecule has 3 aliphatic rings. The summed E-state index contributed by atoms with van der Waals surface area (Å²) >= 11 is 0. The molecule has 4 rings (SSSR count). The molecule has 0 aromatic heterocycles. The highest BCUT2D eigenvalue weighted by atomic mass is 19.1. The third-order valence-corrected chi connectivity index (χ3v) is 5.30. The Kier molecular flexibility index (Phi) is 4.22. The molecule has 2 heterocycles. The van der Waals surface area contributed by atoms with Crippen molar-refractivity contribution < 1.29 is 23.5 Å². The van der Waals surface area contributed by atoms with E-state index in [1.807, 2.05) is 12.2 Å². The molecule has 2 atom stereocenters. The van der Waals surface area contributed by atoms with Crippen LogP contribution in [0.25, 0.3) is 0 Å². The van der Waals surface area contributed by atoms with Crippen LogP contribution < -0.4 is 4.74 Å². The van der Waals surface area contributed by atoms with E-state index in [9.17, 15) is 18.8 Å². The number of fused-ring (bicyclic) bond motifs is 1. The fraction of sp³-hybridized carbons (Fsp3) is 0.421. The van der Waals surface area contributed by atoms with Crippen LogP contribution in [0.5, 0.6) is 5.75 Å². The van der Waals surface area contributed by atoms with Crippen LogP contribution in [0.3, 0.4) is 0 Å². The maximum atomic E-state index is 12.8. The number of carbonyl (C=O) groups excluding carboxylic acids is 3. The van der Waals surface area contributed by atoms with Gasteiger partial charge in [-0.1, -0.05) is 12.2 Å². The molecule has 26 heavy (non-hydrogen) atoms. The number of benzene rings is 1. The zero-order valence-corrected chi connectivity index (χ0v) is 14.1. The van der Waals surface area contributed by atoms with Gasteiger partial charge >= 0.3 is 0 Å². The summed E-state index contributed by atoms with van der Waals surface area (Å²) < 4.78 is 18.2. The summed E-state index contributed by atoms with van der Waals surface area (Å²) in [6.07, 6.45) is 5.15. The molecule has 2 fully saturated rings. The van der Waals surface area contributed by atoms with E-state index in [4.69, 9.17) is 4.74 Å². The van der Waals surface area contributed by atoms with Gasteiger partial charge in [0.1, 0.15) is 11.6 Å². The average molecular weight is 358 g/mol. The Hall–Kier alpha value is -2.70. The molecule has 1 aromatic rings. The van der Waals surface area contributed by atoms with E-state index in [0.29, 0.717) is 31.7 Å². The highest BCUT2D eigenvalue weighted by Crippen LogP contribution is 2.37. The van der Waals surface area contributed by atoms with E-state index in [0.717, 1.165) is 0 Å². The minimum Gasteiger partial charge on any atom is -0.484 e. The predicted octanol–water partition coefficient (Wildman–Crippen LogP) is 1.37. The summed E-state index contributed by atoms with van der Waals surface area (Å²) in [6, 6.07) is 5.20. The van der Waals surface area contributed by atoms with E-state index < -0.39 is 0 Å². The fourth-order valence-electron chi connectivity index (χ4n) is 3.78. The molecule has 0 spiro atoms. The van der Waals surface area contributed by atoms with Crippen molar-refractivity contribution >= 4 is 17.7 Å². The first-order chi connectivity index (χ1) is 12.5. The molecule has 0 saturated carbocycles. The molecule has 6 nitrogen and oxygen atoms in total. The number of rotatable bonds is 4. The normalized spacial score (nSPS) is 25.3. The molecule has 0 unspecified atom stereocenters. The molecular weight excluding hydrogens is 339 g/mol. The topological polar surface area (TPSA) is 66.9 Å². The first kappa shape index (κ1) is 16.8. The van der Waals surface area contributed by atoms with Crippen molar-refractivity contribution in [2.45, 2.75) is 18.9 Å². The lowest BCUT2D eigenvalue weighted by Crippen LogP contribution is -2.63. The molecule has 1 aliphatic carbocycles. The van der Waals surface area contributed by atoms with Gasteiger partial charge in [-0.15, -0.1) is 0 Å². The Morgan fingerprint density at radius 1 is 1.04 bits per heavy atom. The van der Waals surface area contributed by atoms with Crippen molar-refractivity contribution in [2.24, 2.45) is 11.8 Å². The molecule has 0 radical (unpaired) electrons. The SMILES string of the molecule is O=C(COc1ccc(F)cc1)N1CC(N2C(=O)[C@H]3CC=CC[C@@H]3C2=O)C1. The van der Waals surface area contributed by atoms with Gasteiger partial charge < -0.3 is 9.64 Å². The zero-order valence-electron chi connectivity index (χ0n) is 14.1. The second-order valence-electron chi connectivity index (χ2n) is 6.90. The van der Waals surface area contributed by atoms with Gasteiger partial charge in [0.2, 0.25) is 11.8 Å². The van der Waals surface area contributed by atoms with Crippen LogP contribution in [0, 0.1) is 17.7 Å². The van der Waals surface area contributed by atoms with Crippen LogP contribution >= 0.6 is 0 Å². The maximum Gasteiger partial charge on any atom is 0.260 e. The van der Waals surface area contributed by atoms with Gasteiger partial charge in [-0.05, 0) is 37.1 Å². The van der Waals surface area contributed by atoms with E-state index in [1.165, 1.54) is 29.2 Å². The molecule has 2 aliphatic heterocycles. The lowest BCUT2D eigenvalue weighted by Gasteiger charge is -2.43. The Balaban J connectivity index is 1.29. The lowest BCUT2D eigenvalue weighted by molar-refractivity contribution is -0.153. The minimum atomic E-state index is -0.370. The Morgan fingerprint density at radius 2 is 1.62 bits per heavy atom. The first-order valence-electron chi connectivity index (χ1n) is 8.72. The lowest BCUT2D eigenvalue weighted by atomic mass is 9.85. The molecular formula is C19H19FN2O4. The van der Waals surface area contributed by atoms with Crippen molar-refractivity contribution in [2.75, 3.05) is 19.7 Å². The third-order valence-electron chi connectivity index (χ3n) is 5.30. The van der Waals surface area contributed by atoms with Crippen LogP contribution in [-0.4, -0.2) is 53.3 Å². The number of likely N-dealkylation sites (tertiary alicyclic amines) is 2. The first-order valence-corrected chi connectivity index (χ1v) is 8.72. The maximum absolute atomic E-state index is 12.8. The Labute approximate surface area is 150 Å². The number of carbonyl (C=O) groups is 3. The van der Waals surface area contributed by atoms with E-state index in [-0.39, 0.29) is 48.0 Å². The van der Waals surface area contributed by atoms with Crippen molar-refractivity contribution in [1.82, 2.24) is 9.80 Å². The summed E-state index contributed by atoms with van der Waals surface area (Å²) in [7, 11) is 0. The van der Waals surface area contributed by atoms with Crippen molar-refractivity contribution in [1.29, 1.82) is 0 Å². The van der Waals surface area contributed by atoms with Crippen molar-refractivity contribution in [3.8, 4) is 5.75 Å². The van der Waals surface area contributed by atoms with Crippen LogP contribution in [0.2, 0.25) is 0 Å². The van der Waals surface area contributed by atoms with E-state index >= 15 is 0 Å². The van der Waals surface area contributed by atoms with Gasteiger partial charge in [0.05, 0.1) is 17.9 Å². The Bertz CT molecular complexity index is 744. The highest BCUT2D eigenvalue weighted by molar-refractivity contribution is 6.06. The minimum absolute atomic E-state index is 0.107. The largest absolute Gasteiger partial charge is 0.484 e. The third kappa shape index (κ3) is 2.87. The standard InChI is InChI=1S/C19H19FN2O4/c20-12-5-7-14(8-6-12)26-11-17(23)21-9-13(10-21)22-18(24)15-3-1-2-4-16(15)19(22)25/h1-2,5-8,13,15-16H,3-4,9-11H2/t15-,16-/m0/s1. The van der Waals surface area contributed by atoms with Gasteiger partial charge in [-0.3, -0.25) is 19.3 Å². The number of imide groups is 1. The summed E-state index contributed by atoms with van der Waals surface area (Å²) in [4.78, 5) is 40.1. The molecule has 3 amide bonds. The van der Waals surface area contributed by atoms with Crippen molar-refractivity contribution in [3.05, 3.63) is 42.2 Å². The van der Waals surface area contributed by atoms with Crippen LogP contribution in [0.15, 0.2) is 36.4 Å². The zero-order chi connectivity index (χ0) is 18.3. The number of hydrogen-bond acceptors (Lipinski definition) is 4. The van der Waals surface area contributed by atoms with Crippen LogP contribution in [0.1, 0.15) is 12.8 Å². The number of halogens is 1. The van der Waals surface area contributed by atoms with Gasteiger partial charge in [0.15, 0.2) is 6.61 Å². The fourth-order valence-corrected chi connectivity index (χ4v) is 3.78. The second-order valence-corrected chi connectivity index (χ2v) is 6.90. The monoisotopic (exact) mass is 358 g/mol. The predicted molar refractivity (Wildman–Crippen MR) is 89.5 cm³/mol. The summed E-state index contributed by atoms with van der Waals surface area (Å²) in [5.74, 6) is -0.863. The Morgan fingerprint density at radius 3 is 2.19 bits per heavy atom. The second kappa shape index (κ2) is 6.55. The summed E-state index contributed by atoms with van der Waals surface area (Å²) in [6.45, 7) is 0.529. The number of amides is 3. The highest BCUT2D eigenvalue weighted by Gasteiger charge is 2.52. The quantitative estimate of drug-likeness (QED) is 0.602. The molecule has 2 saturated heterocycles. The summed E-state index contributed by atoms with van der Waals surface area (Å²) in [5.41, 5.74) is 0. The smallest absolute Gasteiger partial charge is 0.260 e. The van der Waals surface area contributed by atoms with Crippen LogP contribution in [-0.2, 0) is 14.4 Å². The molecule has 0 N–H and O–H groups in total. The number of nitrogens with zero attached hydrogens (tertiary/aromatic N) is 2. The number of allylic oxidation sites excluding steroid dienone is 2. The van der Waals surface area contributed by atoms with Gasteiger partial charge in [-0.25, -0.2) is 4.39 Å². The van der Waals surface area contributed by atoms with Gasteiger partial charge in [-0.2, -0.15) is 0 Å².